The molecule has 4 heterocycles. The van der Waals surface area contributed by atoms with Crippen LogP contribution in [0.15, 0.2) is 82.0 Å². The number of rotatable bonds is 9. The molecule has 1 atom stereocenters. The number of alkyl carbamates (subject to hydrolysis) is 1. The summed E-state index contributed by atoms with van der Waals surface area (Å²) in [5, 5.41) is 11.5. The highest BCUT2D eigenvalue weighted by Crippen LogP contribution is 2.30. The van der Waals surface area contributed by atoms with Crippen molar-refractivity contribution in [2.45, 2.75) is 58.7 Å². The number of nitrogens with zero attached hydrogens (tertiary/aromatic N) is 6. The number of amides is 2. The van der Waals surface area contributed by atoms with Gasteiger partial charge in [-0.2, -0.15) is 0 Å². The van der Waals surface area contributed by atoms with Gasteiger partial charge < -0.3 is 23.8 Å². The van der Waals surface area contributed by atoms with Crippen LogP contribution in [0.1, 0.15) is 60.9 Å². The van der Waals surface area contributed by atoms with Crippen LogP contribution in [-0.2, 0) is 23.2 Å². The molecule has 4 aromatic heterocycles. The zero-order valence-electron chi connectivity index (χ0n) is 26.1. The molecule has 45 heavy (non-hydrogen) atoms. The molecule has 0 aliphatic rings. The largest absolute Gasteiger partial charge is 0.444 e. The fourth-order valence-corrected chi connectivity index (χ4v) is 4.70. The van der Waals surface area contributed by atoms with Crippen molar-refractivity contribution in [3.05, 3.63) is 102 Å². The first-order valence-electron chi connectivity index (χ1n) is 14.4. The minimum Gasteiger partial charge on any atom is -0.444 e. The second kappa shape index (κ2) is 12.7. The molecular weight excluding hydrogens is 574 g/mol. The Morgan fingerprint density at radius 3 is 2.33 bits per heavy atom. The van der Waals surface area contributed by atoms with Gasteiger partial charge in [0.05, 0.1) is 18.4 Å². The summed E-state index contributed by atoms with van der Waals surface area (Å²) < 4.78 is 17.2. The molecule has 0 aliphatic heterocycles. The zero-order valence-corrected chi connectivity index (χ0v) is 26.1. The van der Waals surface area contributed by atoms with E-state index in [-0.39, 0.29) is 29.3 Å². The van der Waals surface area contributed by atoms with E-state index in [1.165, 1.54) is 12.5 Å². The summed E-state index contributed by atoms with van der Waals surface area (Å²) in [6, 6.07) is 18.4. The second-order valence-corrected chi connectivity index (χ2v) is 11.9. The third-order valence-corrected chi connectivity index (χ3v) is 6.71. The first-order chi connectivity index (χ1) is 21.4. The van der Waals surface area contributed by atoms with E-state index in [2.05, 4.69) is 30.5 Å². The Kier molecular flexibility index (Phi) is 8.75. The number of ether oxygens (including phenoxy) is 1. The van der Waals surface area contributed by atoms with Crippen LogP contribution in [0.25, 0.3) is 23.2 Å². The summed E-state index contributed by atoms with van der Waals surface area (Å²) in [7, 11) is 1.69. The van der Waals surface area contributed by atoms with E-state index in [0.717, 1.165) is 17.0 Å². The molecule has 0 radical (unpaired) electrons. The fourth-order valence-electron chi connectivity index (χ4n) is 4.70. The molecule has 5 rings (SSSR count). The van der Waals surface area contributed by atoms with E-state index in [4.69, 9.17) is 13.6 Å². The number of aromatic nitrogens is 5. The van der Waals surface area contributed by atoms with E-state index >= 15 is 0 Å². The molecule has 1 N–H and O–H groups in total. The van der Waals surface area contributed by atoms with E-state index in [0.29, 0.717) is 24.2 Å². The summed E-state index contributed by atoms with van der Waals surface area (Å²) >= 11 is 0. The van der Waals surface area contributed by atoms with Crippen molar-refractivity contribution in [1.29, 1.82) is 0 Å². The van der Waals surface area contributed by atoms with E-state index in [1.54, 1.807) is 51.8 Å². The highest BCUT2D eigenvalue weighted by molar-refractivity contribution is 5.95. The van der Waals surface area contributed by atoms with Crippen LogP contribution in [0.2, 0.25) is 0 Å². The lowest BCUT2D eigenvalue weighted by molar-refractivity contribution is 0.0443. The van der Waals surface area contributed by atoms with Crippen LogP contribution >= 0.6 is 0 Å². The maximum Gasteiger partial charge on any atom is 0.408 e. The topological polar surface area (TPSA) is 149 Å². The Bertz CT molecular complexity index is 1780. The van der Waals surface area contributed by atoms with Crippen molar-refractivity contribution >= 4 is 12.0 Å². The van der Waals surface area contributed by atoms with Gasteiger partial charge in [-0.15, -0.1) is 10.2 Å². The van der Waals surface area contributed by atoms with E-state index in [9.17, 15) is 9.59 Å². The predicted octanol–water partition coefficient (Wildman–Crippen LogP) is 5.74. The molecule has 0 aliphatic carbocycles. The molecule has 0 bridgehead atoms. The van der Waals surface area contributed by atoms with Crippen molar-refractivity contribution in [2.24, 2.45) is 0 Å². The number of oxazole rings is 1. The monoisotopic (exact) mass is 609 g/mol. The molecule has 0 fully saturated rings. The highest BCUT2D eigenvalue weighted by Gasteiger charge is 2.37. The first kappa shape index (κ1) is 31.0. The second-order valence-electron chi connectivity index (χ2n) is 11.9. The van der Waals surface area contributed by atoms with Gasteiger partial charge in [-0.1, -0.05) is 36.4 Å². The van der Waals surface area contributed by atoms with Gasteiger partial charge in [0.25, 0.3) is 11.8 Å². The van der Waals surface area contributed by atoms with Gasteiger partial charge in [-0.05, 0) is 64.4 Å². The van der Waals surface area contributed by atoms with Crippen molar-refractivity contribution in [2.75, 3.05) is 7.05 Å². The van der Waals surface area contributed by atoms with Crippen molar-refractivity contribution in [1.82, 2.24) is 35.4 Å². The molecular formula is C33H35N7O5. The molecule has 0 saturated heterocycles. The van der Waals surface area contributed by atoms with Gasteiger partial charge in [-0.25, -0.2) is 14.8 Å². The van der Waals surface area contributed by atoms with Crippen LogP contribution in [0.3, 0.4) is 0 Å². The Hall–Kier alpha value is -5.39. The Morgan fingerprint density at radius 1 is 0.933 bits per heavy atom. The SMILES string of the molecule is Cc1cccc(CN(C)C(=O)c2cc(-c3ncco3)nc(-c3nnc(C(C)(Cc4ccccc4)NC(=O)OC(C)(C)C)o3)c2)n1. The minimum absolute atomic E-state index is 0.0423. The lowest BCUT2D eigenvalue weighted by Crippen LogP contribution is -2.47. The molecule has 12 heteroatoms. The fraction of sp³-hybridized carbons (Fsp3) is 0.303. The normalized spacial score (nSPS) is 12.8. The van der Waals surface area contributed by atoms with Gasteiger partial charge in [0, 0.05) is 24.7 Å². The van der Waals surface area contributed by atoms with Crippen molar-refractivity contribution in [3.63, 3.8) is 0 Å². The number of nitrogens with one attached hydrogen (secondary N) is 1. The first-order valence-corrected chi connectivity index (χ1v) is 14.4. The number of pyridine rings is 2. The molecule has 5 aromatic rings. The van der Waals surface area contributed by atoms with E-state index < -0.39 is 17.2 Å². The Balaban J connectivity index is 1.50. The Morgan fingerprint density at radius 2 is 1.67 bits per heavy atom. The maximum absolute atomic E-state index is 13.6. The molecule has 0 spiro atoms. The van der Waals surface area contributed by atoms with Crippen LogP contribution in [0, 0.1) is 6.92 Å². The summed E-state index contributed by atoms with van der Waals surface area (Å²) in [5.74, 6) is 0.107. The predicted molar refractivity (Wildman–Crippen MR) is 165 cm³/mol. The average Bonchev–Trinajstić information content (AvgIpc) is 3.70. The molecule has 1 unspecified atom stereocenters. The Labute approximate surface area is 260 Å². The summed E-state index contributed by atoms with van der Waals surface area (Å²) in [6.45, 7) is 9.33. The summed E-state index contributed by atoms with van der Waals surface area (Å²) in [6.07, 6.45) is 2.61. The van der Waals surface area contributed by atoms with Crippen LogP contribution in [0.4, 0.5) is 4.79 Å². The van der Waals surface area contributed by atoms with Crippen LogP contribution < -0.4 is 5.32 Å². The lowest BCUT2D eigenvalue weighted by Gasteiger charge is -2.29. The third kappa shape index (κ3) is 7.77. The standard InChI is InChI=1S/C33H35N7O5/c1-21-11-10-14-24(35-21)20-40(6)29(41)23-17-25(27-34-15-16-43-27)36-26(18-23)28-38-39-30(44-28)33(5,19-22-12-8-7-9-13-22)37-31(42)45-32(2,3)4/h7-18H,19-20H2,1-6H3,(H,37,42). The summed E-state index contributed by atoms with van der Waals surface area (Å²) in [5.41, 5.74) is 1.53. The van der Waals surface area contributed by atoms with E-state index in [1.807, 2.05) is 55.5 Å². The van der Waals surface area contributed by atoms with Crippen LogP contribution in [0.5, 0.6) is 0 Å². The van der Waals surface area contributed by atoms with Gasteiger partial charge in [0.1, 0.15) is 28.8 Å². The quantitative estimate of drug-likeness (QED) is 0.219. The zero-order chi connectivity index (χ0) is 32.2. The molecule has 1 aromatic carbocycles. The summed E-state index contributed by atoms with van der Waals surface area (Å²) in [4.78, 5) is 41.4. The van der Waals surface area contributed by atoms with Gasteiger partial charge >= 0.3 is 6.09 Å². The average molecular weight is 610 g/mol. The van der Waals surface area contributed by atoms with Gasteiger partial charge in [0.15, 0.2) is 0 Å². The van der Waals surface area contributed by atoms with Crippen LogP contribution in [-0.4, -0.2) is 54.7 Å². The number of hydrogen-bond acceptors (Lipinski definition) is 10. The van der Waals surface area contributed by atoms with Crippen molar-refractivity contribution in [3.8, 4) is 23.2 Å². The number of aryl methyl sites for hydroxylation is 1. The number of carbonyl (C=O) groups is 2. The molecule has 232 valence electrons. The highest BCUT2D eigenvalue weighted by atomic mass is 16.6. The maximum atomic E-state index is 13.6. The van der Waals surface area contributed by atoms with Gasteiger partial charge in [-0.3, -0.25) is 9.78 Å². The minimum atomic E-state index is -1.14. The lowest BCUT2D eigenvalue weighted by atomic mass is 9.92. The number of hydrogen-bond donors (Lipinski definition) is 1. The molecule has 12 nitrogen and oxygen atoms in total. The smallest absolute Gasteiger partial charge is 0.408 e. The van der Waals surface area contributed by atoms with Gasteiger partial charge in [0.2, 0.25) is 11.8 Å². The molecule has 2 amide bonds. The van der Waals surface area contributed by atoms with Crippen molar-refractivity contribution < 1.29 is 23.2 Å². The molecule has 0 saturated carbocycles. The third-order valence-electron chi connectivity index (χ3n) is 6.71. The number of carbonyl (C=O) groups excluding carboxylic acids is 2. The number of benzene rings is 1.